The predicted octanol–water partition coefficient (Wildman–Crippen LogP) is -3.35. The lowest BCUT2D eigenvalue weighted by Crippen LogP contribution is -2.62. The van der Waals surface area contributed by atoms with Gasteiger partial charge in [0.15, 0.2) is 5.96 Å². The molecule has 0 radical (unpaired) electrons. The molecule has 1 unspecified atom stereocenters. The van der Waals surface area contributed by atoms with Crippen molar-refractivity contribution in [1.29, 1.82) is 5.41 Å². The molecule has 22 N–H and O–H groups in total. The van der Waals surface area contributed by atoms with Crippen molar-refractivity contribution in [3.8, 4) is 0 Å². The molecule has 0 spiro atoms. The molecule has 4 heterocycles. The van der Waals surface area contributed by atoms with Crippen LogP contribution in [0.3, 0.4) is 0 Å². The van der Waals surface area contributed by atoms with Gasteiger partial charge in [-0.15, -0.1) is 0 Å². The molecule has 14 amide bonds. The number of aliphatic hydroxyl groups is 1. The Morgan fingerprint density at radius 1 is 0.603 bits per heavy atom. The number of aliphatic carboxylic acids is 3. The average molecular weight is 1740 g/mol. The third-order valence-corrected chi connectivity index (χ3v) is 22.6. The van der Waals surface area contributed by atoms with Gasteiger partial charge in [0.2, 0.25) is 82.7 Å². The highest BCUT2D eigenvalue weighted by molar-refractivity contribution is 7.99. The number of aromatic amines is 1. The molecule has 0 aliphatic carbocycles. The fraction of sp³-hybridized carbons (Fsp3) is 0.500. The third kappa shape index (κ3) is 31.3. The Labute approximate surface area is 709 Å². The van der Waals surface area contributed by atoms with E-state index < -0.39 is 229 Å². The molecule has 1 aromatic heterocycles. The van der Waals surface area contributed by atoms with Crippen LogP contribution in [0.4, 0.5) is 0 Å². The normalized spacial score (nSPS) is 20.7. The number of hydrogen-bond donors (Lipinski definition) is 20. The van der Waals surface area contributed by atoms with Crippen molar-refractivity contribution >= 4 is 142 Å². The molecule has 2 fully saturated rings. The number of carboxylic acids is 3. The molecule has 3 aromatic carbocycles. The minimum atomic E-state index is -2.11. The zero-order valence-corrected chi connectivity index (χ0v) is 69.3. The van der Waals surface area contributed by atoms with Gasteiger partial charge in [-0.2, -0.15) is 35.3 Å². The SMILES string of the molecule is CSCCC(NC(C)=O)C(=O)N[C@H]1CSCc2cccc(c2)CSC[C@@H](C(=O)N[C@@H](CC(=O)O)C(=O)N[C@@H](Cc2c[nH]cn2)C(=O)N[C@@H](Cc2ccccc2)C(=O)N[C@H](CCCNC(=N)N)C(=O)N[C@@H](CC(=O)O)C(N)=O)NC(=O)[C@H](Cc2ccccc2)NC(=O)[C@H](CCC(=O)O)NC(=O)[C@H]([C@@H](C)O)NC(=O)[C@@H]2CCCN2C(=O)[C@@H]2CCCN2C1=O. The maximum Gasteiger partial charge on any atom is 0.305 e. The lowest BCUT2D eigenvalue weighted by atomic mass is 10.0. The highest BCUT2D eigenvalue weighted by Gasteiger charge is 2.46. The standard InChI is InChI=1S/C78H105N19O21S3/c1-42(98)64-75(116)87-50(23-24-61(100)101)67(108)89-54(32-45-16-8-5-9-17-45)70(111)93-57(39-120-37-46-18-10-19-47(30-46)38-121-40-58(94-68(109)51(25-29-119-3)85-43(2)99)76(117)97-28-13-22-60(97)77(118)96-27-12-21-59(96)74(115)95-64)73(114)92-56(35-63(104)105)72(113)91-55(33-48-36-82-41-84-48)71(112)90-53(31-44-14-6-4-7-15-44)69(110)86-49(20-11-26-83-78(80)81)66(107)88-52(65(79)106)34-62(102)103/h4-10,14-19,30,36,41-42,49-60,64,98H,11-13,20-29,31-35,37-40H2,1-3H3,(H2,79,106)(H,82,84)(H,85,99)(H,86,110)(H,87,116)(H,88,107)(H,89,108)(H,90,112)(H,91,113)(H,92,114)(H,93,111)(H,94,109)(H,95,115)(H,100,101)(H,102,103)(H,104,105)(H4,80,81,83)/t42-,49-,50+,51?,52+,53+,54+,55+,56+,57+,58+,59+,60+,64+/m1/s1. The zero-order chi connectivity index (χ0) is 88.4. The fourth-order valence-corrected chi connectivity index (χ4v) is 16.1. The molecule has 0 saturated carbocycles. The second-order valence-electron chi connectivity index (χ2n) is 29.2. The van der Waals surface area contributed by atoms with Crippen LogP contribution in [-0.2, 0) is 112 Å². The molecule has 3 aliphatic heterocycles. The molecule has 43 heteroatoms. The van der Waals surface area contributed by atoms with Gasteiger partial charge in [-0.25, -0.2) is 4.98 Å². The summed E-state index contributed by atoms with van der Waals surface area (Å²) in [4.78, 5) is 248. The Kier molecular flexibility index (Phi) is 38.5. The number of aliphatic hydroxyl groups excluding tert-OH is 1. The van der Waals surface area contributed by atoms with Crippen LogP contribution in [0.2, 0.25) is 0 Å². The Morgan fingerprint density at radius 2 is 1.16 bits per heavy atom. The lowest BCUT2D eigenvalue weighted by Gasteiger charge is -2.34. The number of thioether (sulfide) groups is 3. The van der Waals surface area contributed by atoms with Gasteiger partial charge < -0.3 is 110 Å². The number of nitrogens with zero attached hydrogens (tertiary/aromatic N) is 3. The number of rotatable bonds is 35. The van der Waals surface area contributed by atoms with Crippen LogP contribution >= 0.6 is 35.3 Å². The van der Waals surface area contributed by atoms with E-state index in [0.717, 1.165) is 18.7 Å². The maximum atomic E-state index is 15.2. The summed E-state index contributed by atoms with van der Waals surface area (Å²) < 4.78 is 0. The highest BCUT2D eigenvalue weighted by atomic mass is 32.2. The highest BCUT2D eigenvalue weighted by Crippen LogP contribution is 2.28. The molecule has 656 valence electrons. The molecule has 121 heavy (non-hydrogen) atoms. The number of aromatic nitrogens is 2. The van der Waals surface area contributed by atoms with Crippen LogP contribution in [0.15, 0.2) is 97.5 Å². The number of primary amides is 1. The average Bonchev–Trinajstić information content (AvgIpc) is 1.67. The van der Waals surface area contributed by atoms with Crippen LogP contribution in [0.5, 0.6) is 0 Å². The van der Waals surface area contributed by atoms with Crippen molar-refractivity contribution < 1.29 is 102 Å². The molecule has 40 nitrogen and oxygen atoms in total. The first-order valence-electron chi connectivity index (χ1n) is 39.1. The molecule has 4 aromatic rings. The van der Waals surface area contributed by atoms with Gasteiger partial charge in [0.1, 0.15) is 78.5 Å². The summed E-state index contributed by atoms with van der Waals surface area (Å²) in [6.45, 7) is 2.50. The van der Waals surface area contributed by atoms with Gasteiger partial charge in [0.05, 0.1) is 31.0 Å². The molecule has 3 aliphatic rings. The number of carboxylic acid groups (broad SMARTS) is 3. The summed E-state index contributed by atoms with van der Waals surface area (Å²) in [5.74, 6) is -18.5. The largest absolute Gasteiger partial charge is 0.481 e. The molecule has 7 rings (SSSR count). The summed E-state index contributed by atoms with van der Waals surface area (Å²) >= 11 is 3.73. The number of benzene rings is 3. The number of imidazole rings is 1. The van der Waals surface area contributed by atoms with Crippen LogP contribution in [-0.4, -0.2) is 275 Å². The first-order valence-corrected chi connectivity index (χ1v) is 42.8. The summed E-state index contributed by atoms with van der Waals surface area (Å²) in [6, 6.07) is 2.39. The minimum Gasteiger partial charge on any atom is -0.481 e. The van der Waals surface area contributed by atoms with Crippen LogP contribution in [0, 0.1) is 5.41 Å². The molecular formula is C78H105N19O21S3. The summed E-state index contributed by atoms with van der Waals surface area (Å²) in [5, 5.41) is 79.0. The van der Waals surface area contributed by atoms with E-state index in [1.165, 1.54) is 52.8 Å². The van der Waals surface area contributed by atoms with Crippen LogP contribution in [0.1, 0.15) is 112 Å². The first-order chi connectivity index (χ1) is 57.7. The van der Waals surface area contributed by atoms with Gasteiger partial charge in [-0.1, -0.05) is 84.9 Å². The lowest BCUT2D eigenvalue weighted by molar-refractivity contribution is -0.148. The van der Waals surface area contributed by atoms with Crippen molar-refractivity contribution in [3.63, 3.8) is 0 Å². The number of amides is 14. The Bertz CT molecular complexity index is 4330. The monoisotopic (exact) mass is 1740 g/mol. The van der Waals surface area contributed by atoms with E-state index in [2.05, 4.69) is 73.8 Å². The van der Waals surface area contributed by atoms with Crippen LogP contribution in [0.25, 0.3) is 0 Å². The van der Waals surface area contributed by atoms with Gasteiger partial charge >= 0.3 is 17.9 Å². The topological polar surface area (TPSA) is 627 Å². The Hall–Kier alpha value is -11.9. The number of guanidine groups is 1. The van der Waals surface area contributed by atoms with Crippen molar-refractivity contribution in [2.24, 2.45) is 11.5 Å². The van der Waals surface area contributed by atoms with Gasteiger partial charge in [0, 0.05) is 81.4 Å². The first kappa shape index (κ1) is 96.3. The van der Waals surface area contributed by atoms with Gasteiger partial charge in [0.25, 0.3) is 0 Å². The van der Waals surface area contributed by atoms with E-state index in [4.69, 9.17) is 16.9 Å². The van der Waals surface area contributed by atoms with Crippen molar-refractivity contribution in [3.05, 3.63) is 125 Å². The van der Waals surface area contributed by atoms with E-state index >= 15 is 14.4 Å². The number of fused-ring (bicyclic) bond motifs is 4. The van der Waals surface area contributed by atoms with Crippen molar-refractivity contribution in [1.82, 2.24) is 83.6 Å². The van der Waals surface area contributed by atoms with Crippen molar-refractivity contribution in [2.45, 2.75) is 200 Å². The van der Waals surface area contributed by atoms with Gasteiger partial charge in [-0.3, -0.25) is 86.9 Å². The third-order valence-electron chi connectivity index (χ3n) is 19.8. The maximum absolute atomic E-state index is 15.2. The minimum absolute atomic E-state index is 0.0119. The number of carbonyl (C=O) groups excluding carboxylic acids is 14. The molecule has 14 atom stereocenters. The summed E-state index contributed by atoms with van der Waals surface area (Å²) in [5.41, 5.74) is 13.2. The smallest absolute Gasteiger partial charge is 0.305 e. The zero-order valence-electron chi connectivity index (χ0n) is 66.8. The van der Waals surface area contributed by atoms with E-state index in [1.807, 2.05) is 6.26 Å². The number of hydrogen-bond acceptors (Lipinski definition) is 23. The number of nitrogens with one attached hydrogen (secondary N) is 14. The number of H-pyrrole nitrogens is 1. The second-order valence-corrected chi connectivity index (χ2v) is 32.2. The quantitative estimate of drug-likeness (QED) is 0.0122. The predicted molar refractivity (Wildman–Crippen MR) is 442 cm³/mol. The molecular weight excluding hydrogens is 1640 g/mol. The van der Waals surface area contributed by atoms with Gasteiger partial charge in [-0.05, 0) is 92.6 Å². The van der Waals surface area contributed by atoms with E-state index in [0.29, 0.717) is 40.8 Å². The summed E-state index contributed by atoms with van der Waals surface area (Å²) in [7, 11) is 0. The fourth-order valence-electron chi connectivity index (χ4n) is 13.6. The Balaban J connectivity index is 1.25. The van der Waals surface area contributed by atoms with E-state index in [9.17, 15) is 87.5 Å². The number of carbonyl (C=O) groups is 17. The second kappa shape index (κ2) is 48.4. The van der Waals surface area contributed by atoms with E-state index in [-0.39, 0.29) is 87.5 Å². The molecule has 2 bridgehead atoms. The van der Waals surface area contributed by atoms with Crippen LogP contribution < -0.4 is 75.3 Å². The Morgan fingerprint density at radius 3 is 1.74 bits per heavy atom. The molecule has 2 saturated heterocycles. The summed E-state index contributed by atoms with van der Waals surface area (Å²) in [6.07, 6.45) is -1.15. The number of nitrogens with two attached hydrogens (primary N) is 2. The van der Waals surface area contributed by atoms with Crippen molar-refractivity contribution in [2.75, 3.05) is 43.1 Å². The van der Waals surface area contributed by atoms with E-state index in [1.54, 1.807) is 84.9 Å².